The zero-order chi connectivity index (χ0) is 36.1. The number of carbonyl (C=O) groups excluding carboxylic acids is 4. The van der Waals surface area contributed by atoms with Crippen molar-refractivity contribution >= 4 is 23.7 Å². The molecule has 16 atom stereocenters. The quantitative estimate of drug-likeness (QED) is 0.138. The number of carbonyl (C=O) groups is 4. The van der Waals surface area contributed by atoms with E-state index in [1.54, 1.807) is 32.0 Å². The van der Waals surface area contributed by atoms with E-state index in [0.29, 0.717) is 0 Å². The molecule has 3 aliphatic heterocycles. The maximum atomic E-state index is 13.8. The first kappa shape index (κ1) is 34.9. The lowest BCUT2D eigenvalue weighted by Crippen LogP contribution is -2.79. The van der Waals surface area contributed by atoms with E-state index < -0.39 is 126 Å². The van der Waals surface area contributed by atoms with Crippen molar-refractivity contribution in [3.63, 3.8) is 0 Å². The third kappa shape index (κ3) is 4.52. The summed E-state index contributed by atoms with van der Waals surface area (Å²) in [5.74, 6) is -7.95. The van der Waals surface area contributed by atoms with Crippen LogP contribution in [-0.2, 0) is 42.8 Å². The van der Waals surface area contributed by atoms with Gasteiger partial charge in [0.2, 0.25) is 18.0 Å². The largest absolute Gasteiger partial charge is 0.467 e. The van der Waals surface area contributed by atoms with Crippen molar-refractivity contribution in [1.29, 1.82) is 0 Å². The molecular weight excluding hydrogens is 664 g/mol. The summed E-state index contributed by atoms with van der Waals surface area (Å²) in [6.45, 7) is 2.24. The molecule has 3 aliphatic carbocycles. The van der Waals surface area contributed by atoms with Crippen LogP contribution in [0.5, 0.6) is 0 Å². The summed E-state index contributed by atoms with van der Waals surface area (Å²) in [6.07, 6.45) is -13.5. The van der Waals surface area contributed by atoms with E-state index >= 15 is 0 Å². The van der Waals surface area contributed by atoms with Gasteiger partial charge < -0.3 is 59.1 Å². The van der Waals surface area contributed by atoms with Gasteiger partial charge in [-0.05, 0) is 36.0 Å². The van der Waals surface area contributed by atoms with E-state index in [-0.39, 0.29) is 24.4 Å². The minimum Gasteiger partial charge on any atom is -0.467 e. The number of Topliss-reactive ketones (excluding diaryl/α,β-unsaturated/α-hetero) is 1. The van der Waals surface area contributed by atoms with Gasteiger partial charge in [0, 0.05) is 17.3 Å². The number of allylic oxidation sites excluding steroid dienone is 2. The molecule has 1 unspecified atom stereocenters. The van der Waals surface area contributed by atoms with E-state index in [1.807, 2.05) is 0 Å². The van der Waals surface area contributed by atoms with E-state index in [1.165, 1.54) is 18.2 Å². The second-order valence-electron chi connectivity index (χ2n) is 14.4. The average molecular weight is 705 g/mol. The predicted molar refractivity (Wildman–Crippen MR) is 161 cm³/mol. The van der Waals surface area contributed by atoms with E-state index in [9.17, 15) is 49.8 Å². The molecule has 0 amide bonds. The Kier molecular flexibility index (Phi) is 8.42. The SMILES string of the molecule is COC(=O)C12OC[C@]34[C@H]([C@@H](O)[C@@H]1O)[C@@]1(C)C=C(O[C@@H]5O[C@H](CO)[C@@H](O)[C@H](O)[C@H]5O)C(=O)[C@@H](C)[C@@H]1C[C@H]3OC(=O)[C@H](OC(=O)c1ccccc1)[C@@H]24. The molecule has 6 N–H and O–H groups in total. The van der Waals surface area contributed by atoms with Crippen molar-refractivity contribution in [3.05, 3.63) is 47.7 Å². The van der Waals surface area contributed by atoms with Gasteiger partial charge in [0.25, 0.3) is 0 Å². The van der Waals surface area contributed by atoms with Crippen molar-refractivity contribution < 1.29 is 78.2 Å². The van der Waals surface area contributed by atoms with Gasteiger partial charge in [-0.25, -0.2) is 14.4 Å². The van der Waals surface area contributed by atoms with Crippen LogP contribution < -0.4 is 0 Å². The number of ether oxygens (including phenoxy) is 6. The lowest BCUT2D eigenvalue weighted by molar-refractivity contribution is -0.295. The summed E-state index contributed by atoms with van der Waals surface area (Å²) in [5, 5.41) is 64.9. The molecule has 0 aromatic heterocycles. The zero-order valence-corrected chi connectivity index (χ0v) is 27.4. The Hall–Kier alpha value is -3.48. The first-order valence-corrected chi connectivity index (χ1v) is 16.5. The van der Waals surface area contributed by atoms with Gasteiger partial charge in [-0.1, -0.05) is 32.0 Å². The second-order valence-corrected chi connectivity index (χ2v) is 14.4. The van der Waals surface area contributed by atoms with Crippen LogP contribution in [0, 0.1) is 34.5 Å². The van der Waals surface area contributed by atoms with Gasteiger partial charge in [-0.2, -0.15) is 0 Å². The number of benzene rings is 1. The van der Waals surface area contributed by atoms with Gasteiger partial charge in [0.1, 0.15) is 36.6 Å². The number of esters is 3. The van der Waals surface area contributed by atoms with Gasteiger partial charge in [-0.3, -0.25) is 4.79 Å². The Balaban J connectivity index is 1.34. The average Bonchev–Trinajstić information content (AvgIpc) is 3.41. The van der Waals surface area contributed by atoms with Crippen LogP contribution in [0.3, 0.4) is 0 Å². The summed E-state index contributed by atoms with van der Waals surface area (Å²) in [5.41, 5.74) is -5.04. The van der Waals surface area contributed by atoms with E-state index in [2.05, 4.69) is 0 Å². The van der Waals surface area contributed by atoms with E-state index in [0.717, 1.165) is 7.11 Å². The second kappa shape index (κ2) is 12.1. The standard InChI is InChI=1S/C34H40O16/c1-13-15-9-18-33-12-46-34(31(44)45-3,26(33)24(29(43)49-18)50-28(42)14-7-5-4-6-8-14)27(41)23(40)25(33)32(15,2)10-16(19(13)36)47-30-22(39)21(38)20(37)17(11-35)48-30/h4-8,10,13,15,17-18,20-27,30,35,37-41H,9,11-12H2,1-3H3/t13-,15-,17+,18+,20+,21-,22+,23+,24+,25+,26+,27-,30+,32-,33+,34?/m0/s1. The molecule has 7 rings (SSSR count). The number of fused-ring (bicyclic) bond motifs is 2. The lowest BCUT2D eigenvalue weighted by Gasteiger charge is -2.67. The van der Waals surface area contributed by atoms with Crippen molar-refractivity contribution in [2.24, 2.45) is 34.5 Å². The zero-order valence-electron chi connectivity index (χ0n) is 27.4. The van der Waals surface area contributed by atoms with Gasteiger partial charge in [-0.15, -0.1) is 0 Å². The maximum Gasteiger partial charge on any atom is 0.348 e. The van der Waals surface area contributed by atoms with Crippen LogP contribution >= 0.6 is 0 Å². The predicted octanol–water partition coefficient (Wildman–Crippen LogP) is -2.02. The van der Waals surface area contributed by atoms with Gasteiger partial charge >= 0.3 is 17.9 Å². The Morgan fingerprint density at radius 3 is 2.34 bits per heavy atom. The van der Waals surface area contributed by atoms with Crippen LogP contribution in [-0.4, -0.2) is 135 Å². The fraction of sp³-hybridized carbons (Fsp3) is 0.647. The molecule has 1 aromatic carbocycles. The molecule has 3 heterocycles. The minimum atomic E-state index is -2.36. The normalized spacial score (nSPS) is 47.6. The number of hydrogen-bond acceptors (Lipinski definition) is 16. The lowest BCUT2D eigenvalue weighted by atomic mass is 9.38. The Labute approximate surface area is 285 Å². The molecule has 3 saturated heterocycles. The summed E-state index contributed by atoms with van der Waals surface area (Å²) in [4.78, 5) is 54.7. The Morgan fingerprint density at radius 1 is 0.980 bits per heavy atom. The number of rotatable bonds is 6. The summed E-state index contributed by atoms with van der Waals surface area (Å²) in [7, 11) is 1.05. The molecule has 0 radical (unpaired) electrons. The van der Waals surface area contributed by atoms with Crippen molar-refractivity contribution in [2.75, 3.05) is 20.3 Å². The van der Waals surface area contributed by atoms with Gasteiger partial charge in [0.15, 0.2) is 11.5 Å². The highest BCUT2D eigenvalue weighted by Gasteiger charge is 2.85. The third-order valence-corrected chi connectivity index (χ3v) is 12.2. The van der Waals surface area contributed by atoms with Crippen LogP contribution in [0.25, 0.3) is 0 Å². The fourth-order valence-corrected chi connectivity index (χ4v) is 9.93. The first-order chi connectivity index (χ1) is 23.7. The highest BCUT2D eigenvalue weighted by atomic mass is 16.7. The number of ketones is 1. The summed E-state index contributed by atoms with van der Waals surface area (Å²) in [6, 6.07) is 7.80. The highest BCUT2D eigenvalue weighted by Crippen LogP contribution is 2.72. The molecule has 16 heteroatoms. The van der Waals surface area contributed by atoms with Crippen molar-refractivity contribution in [3.8, 4) is 0 Å². The molecule has 5 fully saturated rings. The van der Waals surface area contributed by atoms with Crippen molar-refractivity contribution in [1.82, 2.24) is 0 Å². The molecule has 1 aromatic rings. The Morgan fingerprint density at radius 2 is 1.68 bits per heavy atom. The number of hydrogen-bond donors (Lipinski definition) is 6. The van der Waals surface area contributed by atoms with Crippen LogP contribution in [0.1, 0.15) is 30.6 Å². The van der Waals surface area contributed by atoms with Crippen LogP contribution in [0.15, 0.2) is 42.2 Å². The monoisotopic (exact) mass is 704 g/mol. The summed E-state index contributed by atoms with van der Waals surface area (Å²) < 4.78 is 34.4. The fourth-order valence-electron chi connectivity index (χ4n) is 9.93. The molecule has 50 heavy (non-hydrogen) atoms. The van der Waals surface area contributed by atoms with E-state index in [4.69, 9.17) is 28.4 Å². The number of aliphatic hydroxyl groups is 6. The molecule has 2 saturated carbocycles. The molecule has 2 bridgehead atoms. The molecule has 272 valence electrons. The van der Waals surface area contributed by atoms with Crippen LogP contribution in [0.2, 0.25) is 0 Å². The summed E-state index contributed by atoms with van der Waals surface area (Å²) >= 11 is 0. The van der Waals surface area contributed by atoms with Gasteiger partial charge in [0.05, 0.1) is 37.9 Å². The highest BCUT2D eigenvalue weighted by molar-refractivity contribution is 5.97. The molecular formula is C34H40O16. The number of methoxy groups -OCH3 is 1. The molecule has 1 spiro atoms. The molecule has 16 nitrogen and oxygen atoms in total. The smallest absolute Gasteiger partial charge is 0.348 e. The number of aliphatic hydroxyl groups excluding tert-OH is 6. The van der Waals surface area contributed by atoms with Crippen molar-refractivity contribution in [2.45, 2.75) is 81.0 Å². The molecule has 6 aliphatic rings. The minimum absolute atomic E-state index is 0.0365. The topological polar surface area (TPSA) is 245 Å². The van der Waals surface area contributed by atoms with Crippen LogP contribution in [0.4, 0.5) is 0 Å². The maximum absolute atomic E-state index is 13.8. The first-order valence-electron chi connectivity index (χ1n) is 16.5. The third-order valence-electron chi connectivity index (χ3n) is 12.2. The Bertz CT molecular complexity index is 1600.